The predicted molar refractivity (Wildman–Crippen MR) is 90.1 cm³/mol. The lowest BCUT2D eigenvalue weighted by atomic mass is 10.0. The van der Waals surface area contributed by atoms with E-state index in [0.717, 1.165) is 31.9 Å². The lowest BCUT2D eigenvalue weighted by molar-refractivity contribution is 0.0736. The summed E-state index contributed by atoms with van der Waals surface area (Å²) in [6.07, 6.45) is 2.59. The normalized spacial score (nSPS) is 22.1. The largest absolute Gasteiger partial charge is 0.361 e. The van der Waals surface area contributed by atoms with Crippen LogP contribution in [0.15, 0.2) is 22.9 Å². The number of aryl methyl sites for hydroxylation is 2. The van der Waals surface area contributed by atoms with Gasteiger partial charge in [-0.2, -0.15) is 5.26 Å². The molecule has 2 aliphatic rings. The number of pyridine rings is 1. The smallest absolute Gasteiger partial charge is 0.259 e. The van der Waals surface area contributed by atoms with E-state index < -0.39 is 0 Å². The molecule has 0 spiro atoms. The number of rotatable bonds is 2. The Bertz CT molecular complexity index is 832. The van der Waals surface area contributed by atoms with Gasteiger partial charge in [-0.1, -0.05) is 5.16 Å². The van der Waals surface area contributed by atoms with Crippen LogP contribution in [0.1, 0.15) is 33.8 Å². The minimum absolute atomic E-state index is 0.0124. The molecule has 1 amide bonds. The molecule has 0 bridgehead atoms. The summed E-state index contributed by atoms with van der Waals surface area (Å²) in [6.45, 7) is 6.00. The van der Waals surface area contributed by atoms with Gasteiger partial charge in [0.25, 0.3) is 5.91 Å². The molecule has 4 rings (SSSR count). The van der Waals surface area contributed by atoms with Gasteiger partial charge in [-0.25, -0.2) is 4.98 Å². The van der Waals surface area contributed by atoms with Gasteiger partial charge in [0, 0.05) is 31.7 Å². The first-order valence-electron chi connectivity index (χ1n) is 8.43. The van der Waals surface area contributed by atoms with Gasteiger partial charge < -0.3 is 14.3 Å². The number of nitriles is 1. The lowest BCUT2D eigenvalue weighted by Gasteiger charge is -2.25. The highest BCUT2D eigenvalue weighted by Crippen LogP contribution is 2.35. The van der Waals surface area contributed by atoms with E-state index in [4.69, 9.17) is 9.78 Å². The molecule has 0 N–H and O–H groups in total. The summed E-state index contributed by atoms with van der Waals surface area (Å²) in [4.78, 5) is 21.5. The molecule has 2 aromatic heterocycles. The van der Waals surface area contributed by atoms with Crippen molar-refractivity contribution < 1.29 is 9.32 Å². The fourth-order valence-electron chi connectivity index (χ4n) is 3.97. The third kappa shape index (κ3) is 2.54. The molecule has 25 heavy (non-hydrogen) atoms. The zero-order chi connectivity index (χ0) is 17.6. The standard InChI is InChI=1S/C18H19N5O2/c1-11-17(12(2)25-21-11)18(24)23-6-5-14-9-22(10-15(14)23)16-4-3-13(7-19)8-20-16/h3-4,8,14-15H,5-6,9-10H2,1-2H3. The summed E-state index contributed by atoms with van der Waals surface area (Å²) >= 11 is 0. The summed E-state index contributed by atoms with van der Waals surface area (Å²) in [7, 11) is 0. The van der Waals surface area contributed by atoms with Crippen LogP contribution in [-0.2, 0) is 0 Å². The van der Waals surface area contributed by atoms with Gasteiger partial charge in [0.2, 0.25) is 0 Å². The number of aromatic nitrogens is 2. The molecule has 0 radical (unpaired) electrons. The van der Waals surface area contributed by atoms with Crippen LogP contribution in [0.3, 0.4) is 0 Å². The van der Waals surface area contributed by atoms with E-state index in [9.17, 15) is 4.79 Å². The molecule has 2 atom stereocenters. The van der Waals surface area contributed by atoms with Crippen LogP contribution >= 0.6 is 0 Å². The van der Waals surface area contributed by atoms with Crippen molar-refractivity contribution in [1.82, 2.24) is 15.0 Å². The van der Waals surface area contributed by atoms with Crippen molar-refractivity contribution in [3.8, 4) is 6.07 Å². The highest BCUT2D eigenvalue weighted by molar-refractivity contribution is 5.96. The number of hydrogen-bond donors (Lipinski definition) is 0. The molecule has 4 heterocycles. The van der Waals surface area contributed by atoms with E-state index in [0.29, 0.717) is 28.5 Å². The number of nitrogens with zero attached hydrogens (tertiary/aromatic N) is 5. The third-order valence-electron chi connectivity index (χ3n) is 5.26. The lowest BCUT2D eigenvalue weighted by Crippen LogP contribution is -2.40. The Morgan fingerprint density at radius 1 is 1.36 bits per heavy atom. The summed E-state index contributed by atoms with van der Waals surface area (Å²) in [5.74, 6) is 1.90. The topological polar surface area (TPSA) is 86.3 Å². The van der Waals surface area contributed by atoms with Gasteiger partial charge in [-0.15, -0.1) is 0 Å². The molecule has 2 unspecified atom stereocenters. The molecule has 2 fully saturated rings. The maximum Gasteiger partial charge on any atom is 0.259 e. The fourth-order valence-corrected chi connectivity index (χ4v) is 3.97. The summed E-state index contributed by atoms with van der Waals surface area (Å²) in [5.41, 5.74) is 1.79. The van der Waals surface area contributed by atoms with Gasteiger partial charge in [0.15, 0.2) is 0 Å². The molecular weight excluding hydrogens is 318 g/mol. The van der Waals surface area contributed by atoms with Gasteiger partial charge in [-0.3, -0.25) is 4.79 Å². The Labute approximate surface area is 145 Å². The van der Waals surface area contributed by atoms with E-state index in [2.05, 4.69) is 21.1 Å². The maximum atomic E-state index is 13.0. The molecular formula is C18H19N5O2. The summed E-state index contributed by atoms with van der Waals surface area (Å²) in [5, 5.41) is 12.8. The minimum atomic E-state index is 0.0124. The minimum Gasteiger partial charge on any atom is -0.361 e. The van der Waals surface area contributed by atoms with Crippen LogP contribution in [-0.4, -0.2) is 46.6 Å². The van der Waals surface area contributed by atoms with Gasteiger partial charge in [0.05, 0.1) is 17.3 Å². The zero-order valence-electron chi connectivity index (χ0n) is 14.3. The molecule has 0 aliphatic carbocycles. The van der Waals surface area contributed by atoms with Crippen LogP contribution < -0.4 is 4.90 Å². The number of carbonyl (C=O) groups excluding carboxylic acids is 1. The van der Waals surface area contributed by atoms with Crippen molar-refractivity contribution >= 4 is 11.7 Å². The van der Waals surface area contributed by atoms with Gasteiger partial charge >= 0.3 is 0 Å². The van der Waals surface area contributed by atoms with Crippen molar-refractivity contribution in [1.29, 1.82) is 5.26 Å². The van der Waals surface area contributed by atoms with Gasteiger partial charge in [0.1, 0.15) is 23.2 Å². The van der Waals surface area contributed by atoms with Crippen LogP contribution in [0, 0.1) is 31.1 Å². The van der Waals surface area contributed by atoms with Crippen LogP contribution in [0.5, 0.6) is 0 Å². The monoisotopic (exact) mass is 337 g/mol. The number of hydrogen-bond acceptors (Lipinski definition) is 6. The average molecular weight is 337 g/mol. The van der Waals surface area contributed by atoms with E-state index in [-0.39, 0.29) is 11.9 Å². The van der Waals surface area contributed by atoms with Crippen LogP contribution in [0.4, 0.5) is 5.82 Å². The summed E-state index contributed by atoms with van der Waals surface area (Å²) in [6, 6.07) is 5.92. The van der Waals surface area contributed by atoms with E-state index in [1.165, 1.54) is 0 Å². The maximum absolute atomic E-state index is 13.0. The predicted octanol–water partition coefficient (Wildman–Crippen LogP) is 1.91. The van der Waals surface area contributed by atoms with E-state index in [1.807, 2.05) is 11.0 Å². The van der Waals surface area contributed by atoms with E-state index >= 15 is 0 Å². The van der Waals surface area contributed by atoms with Crippen molar-refractivity contribution in [2.24, 2.45) is 5.92 Å². The average Bonchev–Trinajstić information content (AvgIpc) is 3.29. The number of fused-ring (bicyclic) bond motifs is 1. The zero-order valence-corrected chi connectivity index (χ0v) is 14.3. The third-order valence-corrected chi connectivity index (χ3v) is 5.26. The quantitative estimate of drug-likeness (QED) is 0.832. The number of anilines is 1. The summed E-state index contributed by atoms with van der Waals surface area (Å²) < 4.78 is 5.16. The van der Waals surface area contributed by atoms with Crippen LogP contribution in [0.25, 0.3) is 0 Å². The Kier molecular flexibility index (Phi) is 3.68. The molecule has 0 saturated carbocycles. The Hall–Kier alpha value is -2.88. The Morgan fingerprint density at radius 3 is 2.84 bits per heavy atom. The van der Waals surface area contributed by atoms with Gasteiger partial charge in [-0.05, 0) is 32.4 Å². The Balaban J connectivity index is 1.53. The second kappa shape index (κ2) is 5.88. The van der Waals surface area contributed by atoms with Crippen molar-refractivity contribution in [2.75, 3.05) is 24.5 Å². The highest BCUT2D eigenvalue weighted by Gasteiger charge is 2.44. The molecule has 7 heteroatoms. The van der Waals surface area contributed by atoms with Crippen LogP contribution in [0.2, 0.25) is 0 Å². The van der Waals surface area contributed by atoms with E-state index in [1.54, 1.807) is 26.1 Å². The first-order chi connectivity index (χ1) is 12.1. The first-order valence-corrected chi connectivity index (χ1v) is 8.43. The molecule has 0 aromatic carbocycles. The molecule has 7 nitrogen and oxygen atoms in total. The molecule has 2 saturated heterocycles. The van der Waals surface area contributed by atoms with Crippen molar-refractivity contribution in [2.45, 2.75) is 26.3 Å². The SMILES string of the molecule is Cc1noc(C)c1C(=O)N1CCC2CN(c3ccc(C#N)cn3)CC21. The first kappa shape index (κ1) is 15.6. The second-order valence-electron chi connectivity index (χ2n) is 6.74. The molecule has 2 aliphatic heterocycles. The number of likely N-dealkylation sites (tertiary alicyclic amines) is 1. The molecule has 2 aromatic rings. The number of carbonyl (C=O) groups is 1. The Morgan fingerprint density at radius 2 is 2.20 bits per heavy atom. The van der Waals surface area contributed by atoms with Crippen molar-refractivity contribution in [3.63, 3.8) is 0 Å². The van der Waals surface area contributed by atoms with Crippen molar-refractivity contribution in [3.05, 3.63) is 40.9 Å². The second-order valence-corrected chi connectivity index (χ2v) is 6.74. The molecule has 128 valence electrons. The fraction of sp³-hybridized carbons (Fsp3) is 0.444. The number of amides is 1. The highest BCUT2D eigenvalue weighted by atomic mass is 16.5.